The molecule has 2 heterocycles. The van der Waals surface area contributed by atoms with Gasteiger partial charge in [-0.15, -0.1) is 0 Å². The molecule has 25 heavy (non-hydrogen) atoms. The van der Waals surface area contributed by atoms with Crippen molar-refractivity contribution in [2.24, 2.45) is 5.92 Å². The van der Waals surface area contributed by atoms with Gasteiger partial charge in [0.25, 0.3) is 0 Å². The molecule has 0 unspecified atom stereocenters. The van der Waals surface area contributed by atoms with E-state index in [0.29, 0.717) is 13.1 Å². The normalized spacial score (nSPS) is 14.7. The highest BCUT2D eigenvalue weighted by Crippen LogP contribution is 2.30. The first kappa shape index (κ1) is 18.1. The quantitative estimate of drug-likeness (QED) is 0.820. The Morgan fingerprint density at radius 1 is 1.24 bits per heavy atom. The van der Waals surface area contributed by atoms with Gasteiger partial charge >= 0.3 is 0 Å². The Morgan fingerprint density at radius 3 is 2.76 bits per heavy atom. The molecular weight excluding hydrogens is 336 g/mol. The number of hydrogen-bond donors (Lipinski definition) is 1. The lowest BCUT2D eigenvalue weighted by atomic mass is 9.95. The minimum Gasteiger partial charge on any atom is -0.267 e. The van der Waals surface area contributed by atoms with Crippen molar-refractivity contribution in [3.05, 3.63) is 35.7 Å². The Morgan fingerprint density at radius 2 is 2.04 bits per heavy atom. The summed E-state index contributed by atoms with van der Waals surface area (Å²) in [6, 6.07) is 5.85. The molecule has 6 nitrogen and oxygen atoms in total. The number of rotatable bonds is 7. The summed E-state index contributed by atoms with van der Waals surface area (Å²) in [6.07, 6.45) is 6.11. The first-order valence-corrected chi connectivity index (χ1v) is 10.6. The molecule has 136 valence electrons. The lowest BCUT2D eigenvalue weighted by molar-refractivity contribution is 0.534. The summed E-state index contributed by atoms with van der Waals surface area (Å²) < 4.78 is 28.7. The van der Waals surface area contributed by atoms with E-state index >= 15 is 0 Å². The molecule has 1 aliphatic carbocycles. The first-order valence-electron chi connectivity index (χ1n) is 8.93. The third-order valence-electron chi connectivity index (χ3n) is 4.36. The van der Waals surface area contributed by atoms with Crippen molar-refractivity contribution >= 4 is 10.0 Å². The molecule has 2 aromatic heterocycles. The van der Waals surface area contributed by atoms with Crippen molar-refractivity contribution in [2.75, 3.05) is 12.3 Å². The monoisotopic (exact) mass is 362 g/mol. The summed E-state index contributed by atoms with van der Waals surface area (Å²) in [7, 11) is -3.22. The predicted molar refractivity (Wildman–Crippen MR) is 98.7 cm³/mol. The molecule has 0 saturated carbocycles. The van der Waals surface area contributed by atoms with Gasteiger partial charge in [0.05, 0.1) is 18.0 Å². The zero-order chi connectivity index (χ0) is 17.9. The summed E-state index contributed by atoms with van der Waals surface area (Å²) in [5.74, 6) is 0.273. The van der Waals surface area contributed by atoms with E-state index in [1.165, 1.54) is 17.7 Å². The summed E-state index contributed by atoms with van der Waals surface area (Å²) in [5.41, 5.74) is 4.34. The van der Waals surface area contributed by atoms with E-state index in [2.05, 4.69) is 9.71 Å². The number of pyridine rings is 1. The highest BCUT2D eigenvalue weighted by Gasteiger charge is 2.22. The molecule has 0 aromatic carbocycles. The number of nitrogens with one attached hydrogen (secondary N) is 1. The van der Waals surface area contributed by atoms with Gasteiger partial charge in [-0.1, -0.05) is 19.9 Å². The van der Waals surface area contributed by atoms with Crippen LogP contribution in [0.1, 0.15) is 37.9 Å². The molecule has 1 N–H and O–H groups in total. The SMILES string of the molecule is CC(C)CS(=O)(=O)NCCn1nc(-c2ccccn2)c2c1CCCC2. The number of fused-ring (bicyclic) bond motifs is 1. The zero-order valence-corrected chi connectivity index (χ0v) is 15.7. The van der Waals surface area contributed by atoms with Crippen LogP contribution in [0.5, 0.6) is 0 Å². The lowest BCUT2D eigenvalue weighted by Gasteiger charge is -2.14. The van der Waals surface area contributed by atoms with Crippen molar-refractivity contribution in [1.82, 2.24) is 19.5 Å². The highest BCUT2D eigenvalue weighted by molar-refractivity contribution is 7.89. The summed E-state index contributed by atoms with van der Waals surface area (Å²) >= 11 is 0. The molecule has 1 aliphatic rings. The number of hydrogen-bond acceptors (Lipinski definition) is 4. The molecule has 0 saturated heterocycles. The molecule has 0 amide bonds. The van der Waals surface area contributed by atoms with Crippen molar-refractivity contribution in [1.29, 1.82) is 0 Å². The predicted octanol–water partition coefficient (Wildman–Crippen LogP) is 2.40. The average Bonchev–Trinajstić information content (AvgIpc) is 2.93. The van der Waals surface area contributed by atoms with E-state index in [1.807, 2.05) is 36.7 Å². The van der Waals surface area contributed by atoms with Gasteiger partial charge in [0, 0.05) is 24.0 Å². The standard InChI is InChI=1S/C18H26N4O2S/c1-14(2)13-25(23,24)20-11-12-22-17-9-4-3-7-15(17)18(21-22)16-8-5-6-10-19-16/h5-6,8,10,14,20H,3-4,7,9,11-13H2,1-2H3. The topological polar surface area (TPSA) is 76.9 Å². The second-order valence-electron chi connectivity index (χ2n) is 6.99. The van der Waals surface area contributed by atoms with Crippen molar-refractivity contribution < 1.29 is 8.42 Å². The van der Waals surface area contributed by atoms with E-state index < -0.39 is 10.0 Å². The minimum absolute atomic E-state index is 0.116. The van der Waals surface area contributed by atoms with Crippen LogP contribution in [0, 0.1) is 5.92 Å². The zero-order valence-electron chi connectivity index (χ0n) is 14.9. The fourth-order valence-corrected chi connectivity index (χ4v) is 4.77. The molecule has 0 fully saturated rings. The van der Waals surface area contributed by atoms with E-state index in [9.17, 15) is 8.42 Å². The van der Waals surface area contributed by atoms with Crippen LogP contribution in [0.3, 0.4) is 0 Å². The van der Waals surface area contributed by atoms with Gasteiger partial charge < -0.3 is 0 Å². The van der Waals surface area contributed by atoms with Gasteiger partial charge in [-0.3, -0.25) is 9.67 Å². The van der Waals surface area contributed by atoms with Crippen LogP contribution in [0.4, 0.5) is 0 Å². The summed E-state index contributed by atoms with van der Waals surface area (Å²) in [4.78, 5) is 4.44. The van der Waals surface area contributed by atoms with Crippen LogP contribution in [0.15, 0.2) is 24.4 Å². The molecule has 3 rings (SSSR count). The molecule has 0 radical (unpaired) electrons. The maximum absolute atomic E-state index is 12.0. The Hall–Kier alpha value is -1.73. The van der Waals surface area contributed by atoms with E-state index in [-0.39, 0.29) is 11.7 Å². The minimum atomic E-state index is -3.22. The summed E-state index contributed by atoms with van der Waals surface area (Å²) in [6.45, 7) is 4.72. The van der Waals surface area contributed by atoms with Crippen LogP contribution < -0.4 is 4.72 Å². The lowest BCUT2D eigenvalue weighted by Crippen LogP contribution is -2.31. The van der Waals surface area contributed by atoms with Crippen LogP contribution in [0.2, 0.25) is 0 Å². The van der Waals surface area contributed by atoms with Crippen LogP contribution in [-0.2, 0) is 29.4 Å². The second kappa shape index (κ2) is 7.66. The van der Waals surface area contributed by atoms with Gasteiger partial charge in [-0.05, 0) is 43.7 Å². The third kappa shape index (κ3) is 4.46. The molecule has 0 spiro atoms. The van der Waals surface area contributed by atoms with Gasteiger partial charge in [-0.25, -0.2) is 13.1 Å². The molecule has 0 aliphatic heterocycles. The fourth-order valence-electron chi connectivity index (χ4n) is 3.37. The Kier molecular flexibility index (Phi) is 5.54. The smallest absolute Gasteiger partial charge is 0.211 e. The fraction of sp³-hybridized carbons (Fsp3) is 0.556. The summed E-state index contributed by atoms with van der Waals surface area (Å²) in [5, 5.41) is 4.76. The molecule has 0 atom stereocenters. The number of sulfonamides is 1. The largest absolute Gasteiger partial charge is 0.267 e. The van der Waals surface area contributed by atoms with E-state index in [1.54, 1.807) is 6.20 Å². The first-order chi connectivity index (χ1) is 12.0. The van der Waals surface area contributed by atoms with Crippen LogP contribution >= 0.6 is 0 Å². The van der Waals surface area contributed by atoms with E-state index in [0.717, 1.165) is 30.7 Å². The van der Waals surface area contributed by atoms with Crippen molar-refractivity contribution in [2.45, 2.75) is 46.1 Å². The van der Waals surface area contributed by atoms with Crippen molar-refractivity contribution in [3.63, 3.8) is 0 Å². The van der Waals surface area contributed by atoms with E-state index in [4.69, 9.17) is 5.10 Å². The molecule has 0 bridgehead atoms. The highest BCUT2D eigenvalue weighted by atomic mass is 32.2. The molecular formula is C18H26N4O2S. The maximum Gasteiger partial charge on any atom is 0.211 e. The second-order valence-corrected chi connectivity index (χ2v) is 8.84. The maximum atomic E-state index is 12.0. The molecule has 7 heteroatoms. The molecule has 2 aromatic rings. The third-order valence-corrected chi connectivity index (χ3v) is 6.11. The van der Waals surface area contributed by atoms with Gasteiger partial charge in [-0.2, -0.15) is 5.10 Å². The number of aromatic nitrogens is 3. The van der Waals surface area contributed by atoms with Gasteiger partial charge in [0.1, 0.15) is 5.69 Å². The Balaban J connectivity index is 1.77. The van der Waals surface area contributed by atoms with Crippen LogP contribution in [-0.4, -0.2) is 35.5 Å². The Bertz CT molecular complexity index is 813. The Labute approximate surface area is 149 Å². The van der Waals surface area contributed by atoms with Gasteiger partial charge in [0.15, 0.2) is 0 Å². The number of nitrogens with zero attached hydrogens (tertiary/aromatic N) is 3. The average molecular weight is 362 g/mol. The van der Waals surface area contributed by atoms with Gasteiger partial charge in [0.2, 0.25) is 10.0 Å². The van der Waals surface area contributed by atoms with Crippen molar-refractivity contribution in [3.8, 4) is 11.4 Å². The van der Waals surface area contributed by atoms with Crippen LogP contribution in [0.25, 0.3) is 11.4 Å².